The largest absolute Gasteiger partial charge is 0.339 e. The topological polar surface area (TPSA) is 56.0 Å². The lowest BCUT2D eigenvalue weighted by Gasteiger charge is -2.15. The van der Waals surface area contributed by atoms with Crippen molar-refractivity contribution < 1.29 is 9.32 Å². The van der Waals surface area contributed by atoms with Crippen LogP contribution in [0.1, 0.15) is 57.7 Å². The zero-order chi connectivity index (χ0) is 12.5. The van der Waals surface area contributed by atoms with Crippen molar-refractivity contribution in [3.63, 3.8) is 0 Å². The Bertz CT molecular complexity index is 409. The average molecular weight is 254 g/mol. The van der Waals surface area contributed by atoms with Crippen LogP contribution in [-0.2, 0) is 10.5 Å². The first-order valence-corrected chi connectivity index (χ1v) is 6.93. The van der Waals surface area contributed by atoms with E-state index >= 15 is 0 Å². The first-order valence-electron chi connectivity index (χ1n) is 5.95. The van der Waals surface area contributed by atoms with E-state index in [1.807, 2.05) is 0 Å². The zero-order valence-electron chi connectivity index (χ0n) is 10.5. The van der Waals surface area contributed by atoms with Crippen LogP contribution in [0.4, 0.5) is 0 Å². The van der Waals surface area contributed by atoms with Crippen molar-refractivity contribution >= 4 is 17.5 Å². The molecule has 1 aromatic rings. The number of thioether (sulfide) groups is 1. The van der Waals surface area contributed by atoms with Crippen molar-refractivity contribution in [2.24, 2.45) is 0 Å². The van der Waals surface area contributed by atoms with E-state index in [0.717, 1.165) is 18.6 Å². The van der Waals surface area contributed by atoms with Gasteiger partial charge in [0.1, 0.15) is 5.78 Å². The summed E-state index contributed by atoms with van der Waals surface area (Å²) in [5.74, 6) is 2.03. The van der Waals surface area contributed by atoms with Gasteiger partial charge in [-0.2, -0.15) is 4.98 Å². The number of carbonyl (C=O) groups excluding carboxylic acids is 1. The van der Waals surface area contributed by atoms with Crippen molar-refractivity contribution in [2.45, 2.75) is 56.5 Å². The first kappa shape index (κ1) is 12.6. The van der Waals surface area contributed by atoms with Crippen LogP contribution in [0.25, 0.3) is 0 Å². The molecule has 2 rings (SSSR count). The van der Waals surface area contributed by atoms with Gasteiger partial charge in [-0.3, -0.25) is 4.79 Å². The summed E-state index contributed by atoms with van der Waals surface area (Å²) in [6, 6.07) is 0. The van der Waals surface area contributed by atoms with Crippen molar-refractivity contribution in [2.75, 3.05) is 0 Å². The second-order valence-corrected chi connectivity index (χ2v) is 7.16. The molecule has 0 aliphatic heterocycles. The third kappa shape index (κ3) is 3.31. The molecular weight excluding hydrogens is 236 g/mol. The molecule has 0 spiro atoms. The lowest BCUT2D eigenvalue weighted by molar-refractivity contribution is -0.119. The van der Waals surface area contributed by atoms with Gasteiger partial charge in [-0.05, 0) is 12.8 Å². The van der Waals surface area contributed by atoms with Crippen LogP contribution in [-0.4, -0.2) is 20.7 Å². The van der Waals surface area contributed by atoms with Gasteiger partial charge in [-0.25, -0.2) is 0 Å². The third-order valence-corrected chi connectivity index (χ3v) is 3.99. The van der Waals surface area contributed by atoms with Gasteiger partial charge in [0, 0.05) is 11.2 Å². The number of carbonyl (C=O) groups is 1. The molecule has 0 bridgehead atoms. The molecule has 0 saturated heterocycles. The summed E-state index contributed by atoms with van der Waals surface area (Å²) in [5.41, 5.74) is 0. The second kappa shape index (κ2) is 4.80. The minimum atomic E-state index is -0.143. The van der Waals surface area contributed by atoms with Crippen LogP contribution in [0.5, 0.6) is 0 Å². The molecule has 1 aliphatic rings. The molecule has 1 aromatic heterocycles. The molecule has 4 nitrogen and oxygen atoms in total. The van der Waals surface area contributed by atoms with Gasteiger partial charge in [0.2, 0.25) is 5.89 Å². The lowest BCUT2D eigenvalue weighted by atomic mass is 10.1. The van der Waals surface area contributed by atoms with Crippen molar-refractivity contribution in [1.82, 2.24) is 10.1 Å². The monoisotopic (exact) mass is 254 g/mol. The van der Waals surface area contributed by atoms with E-state index in [2.05, 4.69) is 30.9 Å². The fourth-order valence-corrected chi connectivity index (χ4v) is 2.50. The maximum Gasteiger partial charge on any atom is 0.237 e. The molecule has 0 radical (unpaired) electrons. The normalized spacial score (nSPS) is 21.1. The van der Waals surface area contributed by atoms with E-state index in [1.54, 1.807) is 11.8 Å². The first-order chi connectivity index (χ1) is 7.96. The van der Waals surface area contributed by atoms with E-state index in [-0.39, 0.29) is 16.4 Å². The van der Waals surface area contributed by atoms with Gasteiger partial charge in [-0.1, -0.05) is 25.9 Å². The maximum absolute atomic E-state index is 11.6. The van der Waals surface area contributed by atoms with E-state index in [1.165, 1.54) is 0 Å². The van der Waals surface area contributed by atoms with Gasteiger partial charge in [0.25, 0.3) is 0 Å². The predicted molar refractivity (Wildman–Crippen MR) is 66.9 cm³/mol. The van der Waals surface area contributed by atoms with Crippen LogP contribution in [0.2, 0.25) is 0 Å². The molecule has 0 N–H and O–H groups in total. The highest BCUT2D eigenvalue weighted by molar-refractivity contribution is 7.99. The van der Waals surface area contributed by atoms with Gasteiger partial charge < -0.3 is 4.52 Å². The molecule has 1 atom stereocenters. The van der Waals surface area contributed by atoms with Gasteiger partial charge in [0.05, 0.1) is 11.7 Å². The smallest absolute Gasteiger partial charge is 0.237 e. The Morgan fingerprint density at radius 3 is 2.82 bits per heavy atom. The van der Waals surface area contributed by atoms with E-state index in [4.69, 9.17) is 4.52 Å². The molecule has 0 amide bonds. The predicted octanol–water partition coefficient (Wildman–Crippen LogP) is 2.94. The quantitative estimate of drug-likeness (QED) is 0.830. The van der Waals surface area contributed by atoms with Gasteiger partial charge >= 0.3 is 0 Å². The summed E-state index contributed by atoms with van der Waals surface area (Å²) in [4.78, 5) is 15.9. The Morgan fingerprint density at radius 2 is 2.24 bits per heavy atom. The average Bonchev–Trinajstić information content (AvgIpc) is 2.81. The Kier molecular flexibility index (Phi) is 3.56. The number of Topliss-reactive ketones (excluding diaryl/α,β-unsaturated/α-hetero) is 1. The summed E-state index contributed by atoms with van der Waals surface area (Å²) in [5, 5.41) is 3.94. The Hall–Kier alpha value is -0.840. The van der Waals surface area contributed by atoms with Crippen molar-refractivity contribution in [3.8, 4) is 0 Å². The number of ketones is 1. The molecule has 1 aliphatic carbocycles. The minimum absolute atomic E-state index is 0.143. The lowest BCUT2D eigenvalue weighted by Crippen LogP contribution is -2.08. The van der Waals surface area contributed by atoms with Gasteiger partial charge in [-0.15, -0.1) is 11.8 Å². The molecule has 1 saturated carbocycles. The Labute approximate surface area is 106 Å². The fourth-order valence-electron chi connectivity index (χ4n) is 1.83. The third-order valence-electron chi connectivity index (χ3n) is 2.72. The maximum atomic E-state index is 11.6. The molecule has 1 heterocycles. The highest BCUT2D eigenvalue weighted by Crippen LogP contribution is 2.31. The molecule has 0 aromatic carbocycles. The van der Waals surface area contributed by atoms with Crippen LogP contribution >= 0.6 is 11.8 Å². The molecular formula is C12H18N2O2S. The van der Waals surface area contributed by atoms with Crippen LogP contribution < -0.4 is 0 Å². The van der Waals surface area contributed by atoms with E-state index in [9.17, 15) is 4.79 Å². The van der Waals surface area contributed by atoms with Crippen LogP contribution in [0.3, 0.4) is 0 Å². The number of hydrogen-bond donors (Lipinski definition) is 0. The standard InChI is InChI=1S/C12H18N2O2S/c1-12(2,3)17-7-10-13-11(16-14-10)8-5-4-6-9(8)15/h8H,4-7H2,1-3H3. The summed E-state index contributed by atoms with van der Waals surface area (Å²) in [6.45, 7) is 6.46. The highest BCUT2D eigenvalue weighted by Gasteiger charge is 2.30. The van der Waals surface area contributed by atoms with Crippen LogP contribution in [0, 0.1) is 0 Å². The molecule has 94 valence electrons. The summed E-state index contributed by atoms with van der Waals surface area (Å²) < 4.78 is 5.37. The molecule has 1 unspecified atom stereocenters. The number of nitrogens with zero attached hydrogens (tertiary/aromatic N) is 2. The van der Waals surface area contributed by atoms with E-state index in [0.29, 0.717) is 18.1 Å². The summed E-state index contributed by atoms with van der Waals surface area (Å²) in [7, 11) is 0. The van der Waals surface area contributed by atoms with Crippen LogP contribution in [0.15, 0.2) is 4.52 Å². The van der Waals surface area contributed by atoms with E-state index < -0.39 is 0 Å². The Morgan fingerprint density at radius 1 is 1.47 bits per heavy atom. The van der Waals surface area contributed by atoms with Crippen molar-refractivity contribution in [3.05, 3.63) is 11.7 Å². The molecule has 5 heteroatoms. The zero-order valence-corrected chi connectivity index (χ0v) is 11.3. The summed E-state index contributed by atoms with van der Waals surface area (Å²) >= 11 is 1.77. The summed E-state index contributed by atoms with van der Waals surface area (Å²) in [6.07, 6.45) is 2.45. The SMILES string of the molecule is CC(C)(C)SCc1noc(C2CCCC2=O)n1. The van der Waals surface area contributed by atoms with Crippen molar-refractivity contribution in [1.29, 1.82) is 0 Å². The molecule has 1 fully saturated rings. The number of aromatic nitrogens is 2. The Balaban J connectivity index is 1.98. The second-order valence-electron chi connectivity index (χ2n) is 5.36. The highest BCUT2D eigenvalue weighted by atomic mass is 32.2. The van der Waals surface area contributed by atoms with Gasteiger partial charge in [0.15, 0.2) is 5.82 Å². The number of hydrogen-bond acceptors (Lipinski definition) is 5. The number of rotatable bonds is 3. The minimum Gasteiger partial charge on any atom is -0.339 e. The fraction of sp³-hybridized carbons (Fsp3) is 0.750. The molecule has 17 heavy (non-hydrogen) atoms.